The first-order valence-corrected chi connectivity index (χ1v) is 11.9. The minimum absolute atomic E-state index is 0.0323. The molecular formula is C26H27N3O2S. The zero-order valence-corrected chi connectivity index (χ0v) is 19.0. The molecule has 0 spiro atoms. The normalized spacial score (nSPS) is 14.1. The van der Waals surface area contributed by atoms with E-state index in [9.17, 15) is 4.79 Å². The number of benzene rings is 2. The van der Waals surface area contributed by atoms with Gasteiger partial charge in [-0.1, -0.05) is 29.8 Å². The van der Waals surface area contributed by atoms with Gasteiger partial charge >= 0.3 is 0 Å². The first kappa shape index (κ1) is 20.8. The van der Waals surface area contributed by atoms with Crippen LogP contribution in [-0.4, -0.2) is 37.2 Å². The third-order valence-electron chi connectivity index (χ3n) is 5.96. The average molecular weight is 446 g/mol. The number of nitrogens with one attached hydrogen (secondary N) is 2. The highest BCUT2D eigenvalue weighted by Crippen LogP contribution is 2.34. The fourth-order valence-corrected chi connectivity index (χ4v) is 5.12. The fourth-order valence-electron chi connectivity index (χ4n) is 4.36. The molecule has 0 unspecified atom stereocenters. The van der Waals surface area contributed by atoms with Crippen LogP contribution in [-0.2, 0) is 16.0 Å². The van der Waals surface area contributed by atoms with E-state index in [1.807, 2.05) is 18.2 Å². The van der Waals surface area contributed by atoms with Crippen LogP contribution in [0.5, 0.6) is 0 Å². The molecule has 5 rings (SSSR count). The van der Waals surface area contributed by atoms with Gasteiger partial charge in [0.25, 0.3) is 0 Å². The number of ether oxygens (including phenoxy) is 1. The number of amides is 1. The van der Waals surface area contributed by atoms with Crippen LogP contribution in [0.3, 0.4) is 0 Å². The third-order valence-corrected chi connectivity index (χ3v) is 6.85. The van der Waals surface area contributed by atoms with Crippen LogP contribution in [0.2, 0.25) is 0 Å². The Hall–Kier alpha value is -3.09. The predicted octanol–water partition coefficient (Wildman–Crippen LogP) is 5.61. The van der Waals surface area contributed by atoms with Crippen LogP contribution < -0.4 is 10.2 Å². The van der Waals surface area contributed by atoms with E-state index in [0.717, 1.165) is 35.7 Å². The molecule has 4 aromatic rings. The van der Waals surface area contributed by atoms with E-state index in [0.29, 0.717) is 26.1 Å². The number of morpholine rings is 1. The van der Waals surface area contributed by atoms with Gasteiger partial charge in [-0.25, -0.2) is 0 Å². The molecule has 2 N–H and O–H groups in total. The number of nitrogens with zero attached hydrogens (tertiary/aromatic N) is 1. The number of H-pyrrole nitrogens is 1. The van der Waals surface area contributed by atoms with Crippen LogP contribution in [0, 0.1) is 6.92 Å². The van der Waals surface area contributed by atoms with E-state index in [4.69, 9.17) is 4.74 Å². The van der Waals surface area contributed by atoms with Gasteiger partial charge in [0.2, 0.25) is 5.91 Å². The van der Waals surface area contributed by atoms with Gasteiger partial charge in [0.05, 0.1) is 35.2 Å². The second kappa shape index (κ2) is 9.18. The monoisotopic (exact) mass is 445 g/mol. The van der Waals surface area contributed by atoms with Gasteiger partial charge in [-0.05, 0) is 54.6 Å². The molecule has 0 atom stereocenters. The number of rotatable bonds is 6. The number of anilines is 2. The minimum atomic E-state index is 0.0323. The number of para-hydroxylation sites is 2. The highest BCUT2D eigenvalue weighted by atomic mass is 32.1. The Labute approximate surface area is 192 Å². The number of carbonyl (C=O) groups excluding carboxylic acids is 1. The number of aromatic amines is 1. The molecule has 0 bridgehead atoms. The van der Waals surface area contributed by atoms with E-state index in [-0.39, 0.29) is 5.91 Å². The van der Waals surface area contributed by atoms with Crippen molar-refractivity contribution in [3.05, 3.63) is 71.1 Å². The van der Waals surface area contributed by atoms with Gasteiger partial charge in [0.1, 0.15) is 0 Å². The molecule has 2 aromatic carbocycles. The van der Waals surface area contributed by atoms with Crippen LogP contribution in [0.1, 0.15) is 17.5 Å². The zero-order chi connectivity index (χ0) is 21.9. The van der Waals surface area contributed by atoms with Crippen molar-refractivity contribution < 1.29 is 9.53 Å². The Kier molecular flexibility index (Phi) is 5.97. The molecular weight excluding hydrogens is 418 g/mol. The molecule has 2 aromatic heterocycles. The summed E-state index contributed by atoms with van der Waals surface area (Å²) in [5.74, 6) is 0.0323. The lowest BCUT2D eigenvalue weighted by atomic mass is 10.0. The summed E-state index contributed by atoms with van der Waals surface area (Å²) in [7, 11) is 0. The molecule has 0 saturated carbocycles. The highest BCUT2D eigenvalue weighted by Gasteiger charge is 2.18. The lowest BCUT2D eigenvalue weighted by molar-refractivity contribution is -0.116. The Morgan fingerprint density at radius 1 is 1.12 bits per heavy atom. The third kappa shape index (κ3) is 4.29. The number of fused-ring (bicyclic) bond motifs is 1. The summed E-state index contributed by atoms with van der Waals surface area (Å²) in [6, 6.07) is 18.7. The van der Waals surface area contributed by atoms with Crippen molar-refractivity contribution in [2.24, 2.45) is 0 Å². The molecule has 1 aliphatic heterocycles. The number of aryl methyl sites for hydroxylation is 2. The van der Waals surface area contributed by atoms with Crippen molar-refractivity contribution >= 4 is 39.5 Å². The largest absolute Gasteiger partial charge is 0.378 e. The molecule has 164 valence electrons. The predicted molar refractivity (Wildman–Crippen MR) is 133 cm³/mol. The average Bonchev–Trinajstić information content (AvgIpc) is 3.46. The standard InChI is InChI=1S/C26H27N3O2S/c1-18-8-10-21-20(17-18)19(26(28-21)24-7-4-16-32-24)9-11-25(30)27-22-5-2-3-6-23(22)29-12-14-31-15-13-29/h2-8,10,16-17,28H,9,11-15H2,1H3,(H,27,30). The summed E-state index contributed by atoms with van der Waals surface area (Å²) in [4.78, 5) is 20.0. The summed E-state index contributed by atoms with van der Waals surface area (Å²) in [6.07, 6.45) is 1.11. The Morgan fingerprint density at radius 2 is 1.97 bits per heavy atom. The van der Waals surface area contributed by atoms with Crippen LogP contribution in [0.25, 0.3) is 21.5 Å². The maximum absolute atomic E-state index is 13.0. The molecule has 1 aliphatic rings. The zero-order valence-electron chi connectivity index (χ0n) is 18.2. The SMILES string of the molecule is Cc1ccc2[nH]c(-c3cccs3)c(CCC(=O)Nc3ccccc3N3CCOCC3)c2c1. The molecule has 1 amide bonds. The van der Waals surface area contributed by atoms with Gasteiger partial charge in [0, 0.05) is 30.4 Å². The molecule has 0 aliphatic carbocycles. The minimum Gasteiger partial charge on any atom is -0.378 e. The van der Waals surface area contributed by atoms with Crippen molar-refractivity contribution in [2.75, 3.05) is 36.5 Å². The summed E-state index contributed by atoms with van der Waals surface area (Å²) in [6.45, 7) is 5.22. The van der Waals surface area contributed by atoms with Crippen molar-refractivity contribution in [3.63, 3.8) is 0 Å². The topological polar surface area (TPSA) is 57.4 Å². The van der Waals surface area contributed by atoms with Crippen LogP contribution >= 0.6 is 11.3 Å². The van der Waals surface area contributed by atoms with Crippen molar-refractivity contribution in [2.45, 2.75) is 19.8 Å². The van der Waals surface area contributed by atoms with Crippen molar-refractivity contribution in [3.8, 4) is 10.6 Å². The molecule has 3 heterocycles. The summed E-state index contributed by atoms with van der Waals surface area (Å²) in [5.41, 5.74) is 6.61. The number of aromatic nitrogens is 1. The van der Waals surface area contributed by atoms with E-state index in [2.05, 4.69) is 63.9 Å². The Bertz CT molecular complexity index is 1220. The molecule has 1 saturated heterocycles. The van der Waals surface area contributed by atoms with Crippen molar-refractivity contribution in [1.82, 2.24) is 4.98 Å². The maximum atomic E-state index is 13.0. The maximum Gasteiger partial charge on any atom is 0.224 e. The Morgan fingerprint density at radius 3 is 2.78 bits per heavy atom. The quantitative estimate of drug-likeness (QED) is 0.405. The second-order valence-corrected chi connectivity index (χ2v) is 9.12. The summed E-state index contributed by atoms with van der Waals surface area (Å²) >= 11 is 1.72. The van der Waals surface area contributed by atoms with E-state index in [1.54, 1.807) is 11.3 Å². The van der Waals surface area contributed by atoms with E-state index in [1.165, 1.54) is 21.4 Å². The highest BCUT2D eigenvalue weighted by molar-refractivity contribution is 7.13. The smallest absolute Gasteiger partial charge is 0.224 e. The number of thiophene rings is 1. The number of hydrogen-bond acceptors (Lipinski definition) is 4. The van der Waals surface area contributed by atoms with E-state index < -0.39 is 0 Å². The van der Waals surface area contributed by atoms with Gasteiger partial charge in [-0.15, -0.1) is 11.3 Å². The fraction of sp³-hybridized carbons (Fsp3) is 0.269. The Balaban J connectivity index is 1.36. The first-order chi connectivity index (χ1) is 15.7. The lowest BCUT2D eigenvalue weighted by Crippen LogP contribution is -2.36. The molecule has 6 heteroatoms. The van der Waals surface area contributed by atoms with Gasteiger partial charge in [0.15, 0.2) is 0 Å². The number of hydrogen-bond donors (Lipinski definition) is 2. The van der Waals surface area contributed by atoms with Gasteiger partial charge in [-0.2, -0.15) is 0 Å². The molecule has 1 fully saturated rings. The molecule has 0 radical (unpaired) electrons. The lowest BCUT2D eigenvalue weighted by Gasteiger charge is -2.30. The summed E-state index contributed by atoms with van der Waals surface area (Å²) < 4.78 is 5.48. The van der Waals surface area contributed by atoms with Gasteiger partial charge in [-0.3, -0.25) is 4.79 Å². The number of carbonyl (C=O) groups is 1. The van der Waals surface area contributed by atoms with Crippen molar-refractivity contribution in [1.29, 1.82) is 0 Å². The van der Waals surface area contributed by atoms with E-state index >= 15 is 0 Å². The second-order valence-electron chi connectivity index (χ2n) is 8.17. The van der Waals surface area contributed by atoms with Crippen LogP contribution in [0.15, 0.2) is 60.0 Å². The first-order valence-electron chi connectivity index (χ1n) is 11.1. The molecule has 5 nitrogen and oxygen atoms in total. The van der Waals surface area contributed by atoms with Gasteiger partial charge < -0.3 is 19.9 Å². The summed E-state index contributed by atoms with van der Waals surface area (Å²) in [5, 5.41) is 6.45. The van der Waals surface area contributed by atoms with Crippen LogP contribution in [0.4, 0.5) is 11.4 Å². The molecule has 32 heavy (non-hydrogen) atoms.